The summed E-state index contributed by atoms with van der Waals surface area (Å²) in [6.07, 6.45) is 0.563. The van der Waals surface area contributed by atoms with Crippen LogP contribution in [0.5, 0.6) is 5.75 Å². The molecule has 1 atom stereocenters. The van der Waals surface area contributed by atoms with Crippen LogP contribution in [-0.4, -0.2) is 29.2 Å². The van der Waals surface area contributed by atoms with Gasteiger partial charge in [0, 0.05) is 13.7 Å². The first-order chi connectivity index (χ1) is 11.9. The molecule has 0 bridgehead atoms. The van der Waals surface area contributed by atoms with E-state index in [2.05, 4.69) is 4.72 Å². The molecule has 25 heavy (non-hydrogen) atoms. The van der Waals surface area contributed by atoms with Gasteiger partial charge in [-0.05, 0) is 30.2 Å². The van der Waals surface area contributed by atoms with Gasteiger partial charge in [-0.25, -0.2) is 17.5 Å². The molecular weight excluding hydrogens is 345 g/mol. The Hall–Kier alpha value is -1.96. The predicted molar refractivity (Wildman–Crippen MR) is 93.6 cm³/mol. The van der Waals surface area contributed by atoms with Gasteiger partial charge in [-0.1, -0.05) is 37.3 Å². The minimum atomic E-state index is -3.89. The van der Waals surface area contributed by atoms with Crippen molar-refractivity contribution in [1.82, 2.24) is 4.72 Å². The van der Waals surface area contributed by atoms with E-state index < -0.39 is 21.4 Å². The van der Waals surface area contributed by atoms with Crippen molar-refractivity contribution in [2.45, 2.75) is 23.8 Å². The van der Waals surface area contributed by atoms with E-state index in [0.29, 0.717) is 6.42 Å². The predicted octanol–water partition coefficient (Wildman–Crippen LogP) is 3.06. The first kappa shape index (κ1) is 19.4. The molecule has 1 N–H and O–H groups in total. The van der Waals surface area contributed by atoms with Crippen molar-refractivity contribution in [3.63, 3.8) is 0 Å². The first-order valence-electron chi connectivity index (χ1n) is 7.82. The van der Waals surface area contributed by atoms with Crippen LogP contribution in [0.25, 0.3) is 0 Å². The van der Waals surface area contributed by atoms with Gasteiger partial charge in [0.2, 0.25) is 10.0 Å². The fourth-order valence-electron chi connectivity index (χ4n) is 2.62. The number of hydrogen-bond donors (Lipinski definition) is 1. The molecule has 2 aromatic carbocycles. The Kier molecular flexibility index (Phi) is 6.16. The third kappa shape index (κ3) is 4.18. The maximum atomic E-state index is 13.8. The molecule has 0 heterocycles. The standard InChI is InChI=1S/C18H22FNO4S/c1-4-18(24-3,14-8-6-5-7-9-14)13-20-25(21,22)15-10-11-17(23-2)16(19)12-15/h5-12,20H,4,13H2,1-3H3/t18-/m0/s1. The lowest BCUT2D eigenvalue weighted by Crippen LogP contribution is -2.41. The van der Waals surface area contributed by atoms with Crippen molar-refractivity contribution in [2.24, 2.45) is 0 Å². The second-order valence-electron chi connectivity index (χ2n) is 5.54. The van der Waals surface area contributed by atoms with Crippen molar-refractivity contribution in [2.75, 3.05) is 20.8 Å². The topological polar surface area (TPSA) is 64.6 Å². The lowest BCUT2D eigenvalue weighted by Gasteiger charge is -2.32. The van der Waals surface area contributed by atoms with Gasteiger partial charge in [-0.2, -0.15) is 0 Å². The molecular formula is C18H22FNO4S. The van der Waals surface area contributed by atoms with E-state index in [9.17, 15) is 12.8 Å². The number of nitrogens with one attached hydrogen (secondary N) is 1. The first-order valence-corrected chi connectivity index (χ1v) is 9.30. The number of halogens is 1. The fourth-order valence-corrected chi connectivity index (χ4v) is 3.71. The fraction of sp³-hybridized carbons (Fsp3) is 0.333. The number of rotatable bonds is 8. The van der Waals surface area contributed by atoms with E-state index in [0.717, 1.165) is 11.6 Å². The Balaban J connectivity index is 2.26. The number of benzene rings is 2. The average molecular weight is 367 g/mol. The number of methoxy groups -OCH3 is 2. The average Bonchev–Trinajstić information content (AvgIpc) is 2.64. The van der Waals surface area contributed by atoms with Crippen LogP contribution in [0.1, 0.15) is 18.9 Å². The van der Waals surface area contributed by atoms with E-state index in [1.807, 2.05) is 37.3 Å². The van der Waals surface area contributed by atoms with Crippen LogP contribution >= 0.6 is 0 Å². The molecule has 0 amide bonds. The Morgan fingerprint density at radius 2 is 1.80 bits per heavy atom. The van der Waals surface area contributed by atoms with Crippen molar-refractivity contribution < 1.29 is 22.3 Å². The lowest BCUT2D eigenvalue weighted by atomic mass is 9.91. The zero-order chi connectivity index (χ0) is 18.5. The molecule has 0 aliphatic heterocycles. The molecule has 0 unspecified atom stereocenters. The van der Waals surface area contributed by atoms with Gasteiger partial charge >= 0.3 is 0 Å². The summed E-state index contributed by atoms with van der Waals surface area (Å²) in [4.78, 5) is -0.167. The summed E-state index contributed by atoms with van der Waals surface area (Å²) in [6, 6.07) is 12.9. The maximum absolute atomic E-state index is 13.8. The number of sulfonamides is 1. The molecule has 0 saturated carbocycles. The molecule has 2 rings (SSSR count). The molecule has 0 spiro atoms. The lowest BCUT2D eigenvalue weighted by molar-refractivity contribution is -0.0133. The number of hydrogen-bond acceptors (Lipinski definition) is 4. The van der Waals surface area contributed by atoms with Crippen LogP contribution in [0.15, 0.2) is 53.4 Å². The van der Waals surface area contributed by atoms with Crippen LogP contribution in [0.3, 0.4) is 0 Å². The summed E-state index contributed by atoms with van der Waals surface area (Å²) in [5.74, 6) is -0.745. The monoisotopic (exact) mass is 367 g/mol. The smallest absolute Gasteiger partial charge is 0.240 e. The Morgan fingerprint density at radius 3 is 2.32 bits per heavy atom. The van der Waals surface area contributed by atoms with Gasteiger partial charge in [-0.15, -0.1) is 0 Å². The Labute approximate surface area is 147 Å². The zero-order valence-electron chi connectivity index (χ0n) is 14.5. The zero-order valence-corrected chi connectivity index (χ0v) is 15.3. The second kappa shape index (κ2) is 7.95. The van der Waals surface area contributed by atoms with Crippen LogP contribution in [0, 0.1) is 5.82 Å². The molecule has 0 radical (unpaired) electrons. The van der Waals surface area contributed by atoms with Crippen molar-refractivity contribution in [1.29, 1.82) is 0 Å². The van der Waals surface area contributed by atoms with E-state index in [1.165, 1.54) is 26.4 Å². The van der Waals surface area contributed by atoms with E-state index >= 15 is 0 Å². The quantitative estimate of drug-likeness (QED) is 0.779. The molecule has 2 aromatic rings. The highest BCUT2D eigenvalue weighted by atomic mass is 32.2. The van der Waals surface area contributed by atoms with Gasteiger partial charge in [0.05, 0.1) is 12.0 Å². The summed E-state index contributed by atoms with van der Waals surface area (Å²) >= 11 is 0. The van der Waals surface area contributed by atoms with Gasteiger partial charge in [0.25, 0.3) is 0 Å². The molecule has 0 aliphatic carbocycles. The van der Waals surface area contributed by atoms with E-state index in [4.69, 9.17) is 9.47 Å². The van der Waals surface area contributed by atoms with E-state index in [1.54, 1.807) is 0 Å². The van der Waals surface area contributed by atoms with Gasteiger partial charge in [0.15, 0.2) is 11.6 Å². The molecule has 0 saturated heterocycles. The number of ether oxygens (including phenoxy) is 2. The minimum Gasteiger partial charge on any atom is -0.494 e. The molecule has 136 valence electrons. The molecule has 0 aliphatic rings. The third-order valence-electron chi connectivity index (χ3n) is 4.24. The van der Waals surface area contributed by atoms with Crippen molar-refractivity contribution in [3.8, 4) is 5.75 Å². The summed E-state index contributed by atoms with van der Waals surface area (Å²) in [5.41, 5.74) is 0.0582. The van der Waals surface area contributed by atoms with Crippen LogP contribution in [-0.2, 0) is 20.4 Å². The highest BCUT2D eigenvalue weighted by Crippen LogP contribution is 2.29. The van der Waals surface area contributed by atoms with Crippen LogP contribution in [0.2, 0.25) is 0 Å². The minimum absolute atomic E-state index is 0.0111. The summed E-state index contributed by atoms with van der Waals surface area (Å²) in [6.45, 7) is 1.94. The van der Waals surface area contributed by atoms with Gasteiger partial charge in [-0.3, -0.25) is 0 Å². The normalized spacial score (nSPS) is 14.1. The van der Waals surface area contributed by atoms with E-state index in [-0.39, 0.29) is 17.2 Å². The highest BCUT2D eigenvalue weighted by molar-refractivity contribution is 7.89. The molecule has 0 fully saturated rings. The summed E-state index contributed by atoms with van der Waals surface area (Å²) in [5, 5.41) is 0. The van der Waals surface area contributed by atoms with Gasteiger partial charge < -0.3 is 9.47 Å². The maximum Gasteiger partial charge on any atom is 0.240 e. The summed E-state index contributed by atoms with van der Waals surface area (Å²) in [7, 11) is -1.04. The van der Waals surface area contributed by atoms with Crippen molar-refractivity contribution >= 4 is 10.0 Å². The van der Waals surface area contributed by atoms with Crippen LogP contribution in [0.4, 0.5) is 4.39 Å². The highest BCUT2D eigenvalue weighted by Gasteiger charge is 2.32. The molecule has 5 nitrogen and oxygen atoms in total. The Bertz CT molecular complexity index is 805. The second-order valence-corrected chi connectivity index (χ2v) is 7.31. The third-order valence-corrected chi connectivity index (χ3v) is 5.64. The van der Waals surface area contributed by atoms with Gasteiger partial charge in [0.1, 0.15) is 5.60 Å². The summed E-state index contributed by atoms with van der Waals surface area (Å²) < 4.78 is 51.8. The Morgan fingerprint density at radius 1 is 1.12 bits per heavy atom. The molecule has 7 heteroatoms. The largest absolute Gasteiger partial charge is 0.494 e. The SMILES string of the molecule is CC[C@@](CNS(=O)(=O)c1ccc(OC)c(F)c1)(OC)c1ccccc1. The van der Waals surface area contributed by atoms with Crippen LogP contribution < -0.4 is 9.46 Å². The molecule has 0 aromatic heterocycles. The van der Waals surface area contributed by atoms with Crippen molar-refractivity contribution in [3.05, 3.63) is 59.9 Å².